The maximum atomic E-state index is 13.5. The molecule has 1 amide bonds. The number of imidazole rings is 1. The molecule has 0 spiro atoms. The average Bonchev–Trinajstić information content (AvgIpc) is 3.44. The summed E-state index contributed by atoms with van der Waals surface area (Å²) in [7, 11) is 0. The topological polar surface area (TPSA) is 86.0 Å². The van der Waals surface area contributed by atoms with Crippen LogP contribution >= 0.6 is 47.8 Å². The van der Waals surface area contributed by atoms with Crippen LogP contribution < -0.4 is 10.6 Å². The summed E-state index contributed by atoms with van der Waals surface area (Å²) >= 11 is 18.9. The third-order valence-electron chi connectivity index (χ3n) is 8.28. The van der Waals surface area contributed by atoms with Gasteiger partial charge >= 0.3 is 0 Å². The van der Waals surface area contributed by atoms with E-state index in [2.05, 4.69) is 40.4 Å². The number of carbonyl (C=O) groups excluding carboxylic acids is 1. The van der Waals surface area contributed by atoms with Crippen molar-refractivity contribution in [1.29, 1.82) is 5.26 Å². The molecular weight excluding hydrogens is 635 g/mol. The summed E-state index contributed by atoms with van der Waals surface area (Å²) in [5.41, 5.74) is 3.36. The highest BCUT2D eigenvalue weighted by Crippen LogP contribution is 2.27. The second-order valence-corrected chi connectivity index (χ2v) is 12.6. The minimum Gasteiger partial charge on any atom is -0.360 e. The SMILES string of the molecule is CC[C@H](C)[C@@H](CN(Cc1cccc(Cl)c1Cl)C(=S)NC1CCCCC1)NC(=O)Cc1cncn1Cc1ccc(C#N)cc1.Cl. The molecule has 0 saturated heterocycles. The summed E-state index contributed by atoms with van der Waals surface area (Å²) < 4.78 is 1.97. The number of nitrogens with one attached hydrogen (secondary N) is 2. The van der Waals surface area contributed by atoms with Crippen molar-refractivity contribution >= 4 is 58.8 Å². The van der Waals surface area contributed by atoms with Crippen LogP contribution in [0.15, 0.2) is 55.0 Å². The van der Waals surface area contributed by atoms with Gasteiger partial charge in [0.15, 0.2) is 5.11 Å². The van der Waals surface area contributed by atoms with E-state index >= 15 is 0 Å². The first kappa shape index (κ1) is 35.6. The molecule has 2 aromatic carbocycles. The molecule has 0 bridgehead atoms. The maximum absolute atomic E-state index is 13.5. The van der Waals surface area contributed by atoms with Gasteiger partial charge in [0.1, 0.15) is 0 Å². The van der Waals surface area contributed by atoms with Gasteiger partial charge in [0.25, 0.3) is 0 Å². The van der Waals surface area contributed by atoms with E-state index < -0.39 is 0 Å². The highest BCUT2D eigenvalue weighted by Gasteiger charge is 2.26. The van der Waals surface area contributed by atoms with Gasteiger partial charge in [0.2, 0.25) is 5.91 Å². The van der Waals surface area contributed by atoms with E-state index in [0.717, 1.165) is 36.1 Å². The molecular formula is C33H41Cl3N6OS. The van der Waals surface area contributed by atoms with E-state index in [1.165, 1.54) is 19.3 Å². The lowest BCUT2D eigenvalue weighted by molar-refractivity contribution is -0.121. The molecule has 1 saturated carbocycles. The van der Waals surface area contributed by atoms with Gasteiger partial charge in [-0.3, -0.25) is 4.79 Å². The number of hydrogen-bond acceptors (Lipinski definition) is 4. The standard InChI is InChI=1S/C33H40Cl2N6OS.ClH/c1-3-23(2)30(39-31(42)16-28-18-37-22-41(28)19-25-14-12-24(17-36)13-15-25)21-40(20-26-8-7-11-29(34)32(26)35)33(43)38-27-9-5-4-6-10-27;/h7-8,11-15,18,22-23,27,30H,3-6,9-10,16,19-21H2,1-2H3,(H,38,43)(H,39,42);1H/t23-,30+;/m0./s1. The van der Waals surface area contributed by atoms with Crippen molar-refractivity contribution in [2.75, 3.05) is 6.54 Å². The molecule has 2 N–H and O–H groups in total. The molecule has 1 aliphatic carbocycles. The van der Waals surface area contributed by atoms with Crippen LogP contribution in [0.3, 0.4) is 0 Å². The van der Waals surface area contributed by atoms with E-state index in [1.54, 1.807) is 30.7 Å². The number of carbonyl (C=O) groups is 1. The number of halogens is 3. The third kappa shape index (κ3) is 10.1. The molecule has 44 heavy (non-hydrogen) atoms. The first-order valence-corrected chi connectivity index (χ1v) is 16.2. The fourth-order valence-electron chi connectivity index (χ4n) is 5.44. The summed E-state index contributed by atoms with van der Waals surface area (Å²) in [4.78, 5) is 19.9. The van der Waals surface area contributed by atoms with Crippen molar-refractivity contribution in [2.24, 2.45) is 5.92 Å². The average molecular weight is 676 g/mol. The smallest absolute Gasteiger partial charge is 0.226 e. The molecule has 2 atom stereocenters. The molecule has 236 valence electrons. The van der Waals surface area contributed by atoms with Crippen molar-refractivity contribution in [2.45, 2.75) is 84.0 Å². The zero-order valence-corrected chi connectivity index (χ0v) is 28.4. The van der Waals surface area contributed by atoms with Crippen LogP contribution in [0.5, 0.6) is 0 Å². The monoisotopic (exact) mass is 674 g/mol. The highest BCUT2D eigenvalue weighted by molar-refractivity contribution is 7.80. The summed E-state index contributed by atoms with van der Waals surface area (Å²) in [5.74, 6) is 0.140. The molecule has 0 radical (unpaired) electrons. The first-order chi connectivity index (χ1) is 20.8. The number of rotatable bonds is 12. The number of nitriles is 1. The van der Waals surface area contributed by atoms with Crippen LogP contribution in [0, 0.1) is 17.2 Å². The Kier molecular flexibility index (Phi) is 14.3. The lowest BCUT2D eigenvalue weighted by Crippen LogP contribution is -2.52. The van der Waals surface area contributed by atoms with E-state index in [1.807, 2.05) is 28.8 Å². The summed E-state index contributed by atoms with van der Waals surface area (Å²) in [6, 6.07) is 15.4. The van der Waals surface area contributed by atoms with Crippen LogP contribution in [0.4, 0.5) is 0 Å². The molecule has 4 rings (SSSR count). The second kappa shape index (κ2) is 17.6. The number of amides is 1. The third-order valence-corrected chi connectivity index (χ3v) is 9.52. The van der Waals surface area contributed by atoms with Crippen LogP contribution in [-0.4, -0.2) is 44.1 Å². The van der Waals surface area contributed by atoms with Crippen LogP contribution in [-0.2, 0) is 24.3 Å². The Bertz CT molecular complexity index is 1420. The lowest BCUT2D eigenvalue weighted by Gasteiger charge is -2.35. The van der Waals surface area contributed by atoms with Crippen molar-refractivity contribution < 1.29 is 4.79 Å². The summed E-state index contributed by atoms with van der Waals surface area (Å²) in [5, 5.41) is 17.7. The van der Waals surface area contributed by atoms with Crippen LogP contribution in [0.2, 0.25) is 10.0 Å². The largest absolute Gasteiger partial charge is 0.360 e. The van der Waals surface area contributed by atoms with Crippen molar-refractivity contribution in [3.63, 3.8) is 0 Å². The summed E-state index contributed by atoms with van der Waals surface area (Å²) in [6.07, 6.45) is 10.4. The Balaban J connectivity index is 0.00000529. The predicted molar refractivity (Wildman–Crippen MR) is 184 cm³/mol. The Morgan fingerprint density at radius 1 is 1.18 bits per heavy atom. The van der Waals surface area contributed by atoms with Gasteiger partial charge in [0.05, 0.1) is 34.4 Å². The maximum Gasteiger partial charge on any atom is 0.226 e. The fourth-order valence-corrected chi connectivity index (χ4v) is 6.13. The van der Waals surface area contributed by atoms with Gasteiger partial charge in [0, 0.05) is 43.6 Å². The number of benzene rings is 2. The zero-order valence-electron chi connectivity index (χ0n) is 25.3. The van der Waals surface area contributed by atoms with E-state index in [9.17, 15) is 4.79 Å². The molecule has 0 unspecified atom stereocenters. The van der Waals surface area contributed by atoms with Gasteiger partial charge in [-0.15, -0.1) is 12.4 Å². The number of nitrogens with zero attached hydrogens (tertiary/aromatic N) is 4. The number of aromatic nitrogens is 2. The lowest BCUT2D eigenvalue weighted by atomic mass is 9.95. The molecule has 1 fully saturated rings. The van der Waals surface area contributed by atoms with E-state index in [-0.39, 0.29) is 36.7 Å². The molecule has 3 aromatic rings. The Labute approximate surface area is 282 Å². The Morgan fingerprint density at radius 3 is 2.59 bits per heavy atom. The first-order valence-electron chi connectivity index (χ1n) is 15.0. The van der Waals surface area contributed by atoms with Crippen molar-refractivity contribution in [1.82, 2.24) is 25.1 Å². The highest BCUT2D eigenvalue weighted by atomic mass is 35.5. The minimum absolute atomic E-state index is 0. The normalized spacial score (nSPS) is 14.5. The van der Waals surface area contributed by atoms with Gasteiger partial charge in [-0.2, -0.15) is 5.26 Å². The van der Waals surface area contributed by atoms with E-state index in [4.69, 9.17) is 40.7 Å². The Hall–Kier alpha value is -2.83. The van der Waals surface area contributed by atoms with Gasteiger partial charge < -0.3 is 20.1 Å². The van der Waals surface area contributed by atoms with Gasteiger partial charge in [-0.1, -0.05) is 87.0 Å². The van der Waals surface area contributed by atoms with E-state index in [0.29, 0.717) is 46.4 Å². The quantitative estimate of drug-likeness (QED) is 0.196. The number of hydrogen-bond donors (Lipinski definition) is 2. The second-order valence-electron chi connectivity index (χ2n) is 11.4. The molecule has 1 aromatic heterocycles. The Morgan fingerprint density at radius 2 is 1.91 bits per heavy atom. The predicted octanol–water partition coefficient (Wildman–Crippen LogP) is 7.31. The molecule has 1 aliphatic rings. The van der Waals surface area contributed by atoms with Crippen molar-refractivity contribution in [3.05, 3.63) is 87.4 Å². The van der Waals surface area contributed by atoms with Crippen molar-refractivity contribution in [3.8, 4) is 6.07 Å². The van der Waals surface area contributed by atoms with Crippen LogP contribution in [0.1, 0.15) is 74.8 Å². The molecule has 11 heteroatoms. The molecule has 7 nitrogen and oxygen atoms in total. The number of thiocarbonyl (C=S) groups is 1. The minimum atomic E-state index is -0.142. The van der Waals surface area contributed by atoms with Gasteiger partial charge in [-0.25, -0.2) is 4.98 Å². The summed E-state index contributed by atoms with van der Waals surface area (Å²) in [6.45, 7) is 5.87. The zero-order chi connectivity index (χ0) is 30.8. The van der Waals surface area contributed by atoms with Gasteiger partial charge in [-0.05, 0) is 60.3 Å². The molecule has 1 heterocycles. The molecule has 0 aliphatic heterocycles. The fraction of sp³-hybridized carbons (Fsp3) is 0.455. The van der Waals surface area contributed by atoms with Crippen LogP contribution in [0.25, 0.3) is 0 Å².